The van der Waals surface area contributed by atoms with E-state index in [2.05, 4.69) is 39.0 Å². The highest BCUT2D eigenvalue weighted by Crippen LogP contribution is 2.34. The Morgan fingerprint density at radius 1 is 1.18 bits per heavy atom. The zero-order chi connectivity index (χ0) is 19.0. The lowest BCUT2D eigenvalue weighted by molar-refractivity contribution is -0.141. The summed E-state index contributed by atoms with van der Waals surface area (Å²) in [6.07, 6.45) is 9.88. The molecule has 148 valence electrons. The number of likely N-dealkylation sites (tertiary alicyclic amines) is 1. The lowest BCUT2D eigenvalue weighted by Gasteiger charge is -2.40. The van der Waals surface area contributed by atoms with Crippen LogP contribution in [0.25, 0.3) is 5.69 Å². The second-order valence-corrected chi connectivity index (χ2v) is 8.52. The third kappa shape index (κ3) is 3.47. The van der Waals surface area contributed by atoms with Gasteiger partial charge in [0.2, 0.25) is 5.91 Å². The third-order valence-electron chi connectivity index (χ3n) is 6.56. The maximum Gasteiger partial charge on any atom is 0.225 e. The standard InChI is InChI=1S/C22H28N4O2/c27-21(19-2-1-3-19)25-10-8-22(16-25)15-24(12-13-28-22)14-18-4-6-20(7-5-18)26-11-9-23-17-26/h4-7,9,11,17,19H,1-3,8,10,12-16H2. The van der Waals surface area contributed by atoms with Crippen LogP contribution in [0.15, 0.2) is 43.0 Å². The maximum atomic E-state index is 12.6. The number of imidazole rings is 1. The monoisotopic (exact) mass is 380 g/mol. The molecule has 3 aliphatic rings. The van der Waals surface area contributed by atoms with Crippen LogP contribution in [0, 0.1) is 5.92 Å². The van der Waals surface area contributed by atoms with Crippen LogP contribution in [0.4, 0.5) is 0 Å². The molecule has 3 fully saturated rings. The number of morpholine rings is 1. The van der Waals surface area contributed by atoms with Crippen molar-refractivity contribution < 1.29 is 9.53 Å². The van der Waals surface area contributed by atoms with Gasteiger partial charge in [0.05, 0.1) is 19.5 Å². The summed E-state index contributed by atoms with van der Waals surface area (Å²) in [5, 5.41) is 0. The van der Waals surface area contributed by atoms with Crippen LogP contribution in [0.1, 0.15) is 31.2 Å². The Kier molecular flexibility index (Phi) is 4.69. The predicted octanol–water partition coefficient (Wildman–Crippen LogP) is 2.48. The van der Waals surface area contributed by atoms with Gasteiger partial charge in [0.15, 0.2) is 0 Å². The van der Waals surface area contributed by atoms with Crippen LogP contribution in [0.2, 0.25) is 0 Å². The molecule has 1 amide bonds. The molecule has 3 heterocycles. The minimum Gasteiger partial charge on any atom is -0.370 e. The summed E-state index contributed by atoms with van der Waals surface area (Å²) in [4.78, 5) is 21.3. The molecule has 1 aromatic heterocycles. The molecule has 6 heteroatoms. The van der Waals surface area contributed by atoms with Gasteiger partial charge in [-0.1, -0.05) is 18.6 Å². The van der Waals surface area contributed by atoms with E-state index in [1.165, 1.54) is 12.0 Å². The Labute approximate surface area is 166 Å². The van der Waals surface area contributed by atoms with Crippen LogP contribution < -0.4 is 0 Å². The molecule has 2 aromatic rings. The smallest absolute Gasteiger partial charge is 0.225 e. The zero-order valence-corrected chi connectivity index (χ0v) is 16.3. The van der Waals surface area contributed by atoms with Gasteiger partial charge in [-0.25, -0.2) is 4.98 Å². The largest absolute Gasteiger partial charge is 0.370 e. The molecule has 28 heavy (non-hydrogen) atoms. The Hall–Kier alpha value is -2.18. The fourth-order valence-electron chi connectivity index (χ4n) is 4.70. The van der Waals surface area contributed by atoms with E-state index in [1.807, 2.05) is 17.1 Å². The van der Waals surface area contributed by atoms with Crippen molar-refractivity contribution in [2.45, 2.75) is 37.8 Å². The molecule has 1 aromatic carbocycles. The summed E-state index contributed by atoms with van der Waals surface area (Å²) in [6, 6.07) is 8.67. The molecular weight excluding hydrogens is 352 g/mol. The van der Waals surface area contributed by atoms with Crippen molar-refractivity contribution in [3.8, 4) is 5.69 Å². The molecule has 1 atom stereocenters. The van der Waals surface area contributed by atoms with Gasteiger partial charge in [-0.05, 0) is 37.0 Å². The Morgan fingerprint density at radius 3 is 2.75 bits per heavy atom. The molecule has 6 nitrogen and oxygen atoms in total. The molecule has 1 aliphatic carbocycles. The minimum atomic E-state index is -0.172. The summed E-state index contributed by atoms with van der Waals surface area (Å²) < 4.78 is 8.24. The van der Waals surface area contributed by atoms with Gasteiger partial charge in [-0.2, -0.15) is 0 Å². The van der Waals surface area contributed by atoms with Crippen LogP contribution in [0.5, 0.6) is 0 Å². The molecule has 5 rings (SSSR count). The number of carbonyl (C=O) groups excluding carboxylic acids is 1. The Morgan fingerprint density at radius 2 is 2.04 bits per heavy atom. The van der Waals surface area contributed by atoms with Crippen LogP contribution in [0.3, 0.4) is 0 Å². The van der Waals surface area contributed by atoms with E-state index >= 15 is 0 Å². The van der Waals surface area contributed by atoms with E-state index in [0.717, 1.165) is 64.3 Å². The molecule has 0 radical (unpaired) electrons. The van der Waals surface area contributed by atoms with E-state index in [9.17, 15) is 4.79 Å². The van der Waals surface area contributed by atoms with E-state index in [-0.39, 0.29) is 11.5 Å². The second kappa shape index (κ2) is 7.33. The first-order chi connectivity index (χ1) is 13.7. The topological polar surface area (TPSA) is 50.6 Å². The first-order valence-electron chi connectivity index (χ1n) is 10.4. The highest BCUT2D eigenvalue weighted by atomic mass is 16.5. The van der Waals surface area contributed by atoms with Crippen molar-refractivity contribution in [3.63, 3.8) is 0 Å². The van der Waals surface area contributed by atoms with Gasteiger partial charge in [0.1, 0.15) is 5.60 Å². The van der Waals surface area contributed by atoms with Crippen molar-refractivity contribution >= 4 is 5.91 Å². The molecule has 2 aliphatic heterocycles. The predicted molar refractivity (Wildman–Crippen MR) is 106 cm³/mol. The molecule has 2 saturated heterocycles. The summed E-state index contributed by atoms with van der Waals surface area (Å²) in [5.74, 6) is 0.641. The SMILES string of the molecule is O=C(C1CCC1)N1CCC2(CN(Cc3ccc(-n4ccnc4)cc3)CCO2)C1. The number of ether oxygens (including phenoxy) is 1. The highest BCUT2D eigenvalue weighted by Gasteiger charge is 2.45. The van der Waals surface area contributed by atoms with Gasteiger partial charge in [0, 0.05) is 50.2 Å². The van der Waals surface area contributed by atoms with Gasteiger partial charge in [0.25, 0.3) is 0 Å². The average Bonchev–Trinajstić information content (AvgIpc) is 3.32. The number of hydrogen-bond acceptors (Lipinski definition) is 4. The summed E-state index contributed by atoms with van der Waals surface area (Å²) in [7, 11) is 0. The number of nitrogens with zero attached hydrogens (tertiary/aromatic N) is 4. The van der Waals surface area contributed by atoms with Crippen LogP contribution >= 0.6 is 0 Å². The number of hydrogen-bond donors (Lipinski definition) is 0. The second-order valence-electron chi connectivity index (χ2n) is 8.52. The number of rotatable bonds is 4. The number of benzene rings is 1. The van der Waals surface area contributed by atoms with Gasteiger partial charge in [-0.15, -0.1) is 0 Å². The van der Waals surface area contributed by atoms with Crippen molar-refractivity contribution in [2.24, 2.45) is 5.92 Å². The lowest BCUT2D eigenvalue weighted by atomic mass is 9.84. The van der Waals surface area contributed by atoms with Crippen molar-refractivity contribution in [3.05, 3.63) is 48.5 Å². The molecule has 0 N–H and O–H groups in total. The Balaban J connectivity index is 1.21. The van der Waals surface area contributed by atoms with E-state index < -0.39 is 0 Å². The molecule has 1 unspecified atom stereocenters. The zero-order valence-electron chi connectivity index (χ0n) is 16.3. The Bertz CT molecular complexity index is 816. The van der Waals surface area contributed by atoms with Gasteiger partial charge < -0.3 is 14.2 Å². The van der Waals surface area contributed by atoms with Crippen LogP contribution in [-0.4, -0.2) is 63.6 Å². The number of amides is 1. The highest BCUT2D eigenvalue weighted by molar-refractivity contribution is 5.80. The number of aromatic nitrogens is 2. The molecular formula is C22H28N4O2. The van der Waals surface area contributed by atoms with Crippen molar-refractivity contribution in [2.75, 3.05) is 32.8 Å². The fourth-order valence-corrected chi connectivity index (χ4v) is 4.70. The average molecular weight is 380 g/mol. The lowest BCUT2D eigenvalue weighted by Crippen LogP contribution is -2.53. The van der Waals surface area contributed by atoms with Crippen LogP contribution in [-0.2, 0) is 16.1 Å². The summed E-state index contributed by atoms with van der Waals surface area (Å²) in [5.41, 5.74) is 2.26. The molecule has 1 spiro atoms. The first kappa shape index (κ1) is 17.9. The summed E-state index contributed by atoms with van der Waals surface area (Å²) in [6.45, 7) is 5.14. The molecule has 1 saturated carbocycles. The first-order valence-corrected chi connectivity index (χ1v) is 10.4. The summed E-state index contributed by atoms with van der Waals surface area (Å²) >= 11 is 0. The van der Waals surface area contributed by atoms with Gasteiger partial charge in [-0.3, -0.25) is 9.69 Å². The van der Waals surface area contributed by atoms with Crippen molar-refractivity contribution in [1.82, 2.24) is 19.4 Å². The fraction of sp³-hybridized carbons (Fsp3) is 0.545. The minimum absolute atomic E-state index is 0.172. The number of carbonyl (C=O) groups is 1. The maximum absolute atomic E-state index is 12.6. The van der Waals surface area contributed by atoms with E-state index in [4.69, 9.17) is 4.74 Å². The quantitative estimate of drug-likeness (QED) is 0.818. The molecule has 0 bridgehead atoms. The third-order valence-corrected chi connectivity index (χ3v) is 6.56. The van der Waals surface area contributed by atoms with E-state index in [1.54, 1.807) is 6.20 Å². The normalized spacial score (nSPS) is 25.9. The van der Waals surface area contributed by atoms with E-state index in [0.29, 0.717) is 5.91 Å². The van der Waals surface area contributed by atoms with Crippen molar-refractivity contribution in [1.29, 1.82) is 0 Å². The van der Waals surface area contributed by atoms with Gasteiger partial charge >= 0.3 is 0 Å².